The van der Waals surface area contributed by atoms with E-state index < -0.39 is 0 Å². The Morgan fingerprint density at radius 3 is 3.07 bits per heavy atom. The van der Waals surface area contributed by atoms with Gasteiger partial charge in [-0.1, -0.05) is 18.2 Å². The Kier molecular flexibility index (Phi) is 1.75. The maximum Gasteiger partial charge on any atom is 0.108 e. The number of hydrogen-bond acceptors (Lipinski definition) is 3. The fraction of sp³-hybridized carbons (Fsp3) is 0. The molecular formula is C12H8N2O. The van der Waals surface area contributed by atoms with Crippen LogP contribution in [0.15, 0.2) is 47.9 Å². The number of aromatic nitrogens is 1. The molecule has 3 nitrogen and oxygen atoms in total. The lowest BCUT2D eigenvalue weighted by atomic mass is 10.2. The van der Waals surface area contributed by atoms with Gasteiger partial charge in [0.15, 0.2) is 0 Å². The number of rotatable bonds is 0. The fourth-order valence-electron chi connectivity index (χ4n) is 1.63. The van der Waals surface area contributed by atoms with Gasteiger partial charge in [-0.05, 0) is 6.07 Å². The molecule has 3 heteroatoms. The first-order valence-electron chi connectivity index (χ1n) is 4.67. The summed E-state index contributed by atoms with van der Waals surface area (Å²) in [6.45, 7) is 0. The van der Waals surface area contributed by atoms with Gasteiger partial charge in [0.1, 0.15) is 12.5 Å². The smallest absolute Gasteiger partial charge is 0.108 e. The van der Waals surface area contributed by atoms with Gasteiger partial charge in [0, 0.05) is 11.6 Å². The molecule has 0 radical (unpaired) electrons. The SMILES string of the molecule is C1=COC=c2cnc3ccccc3c2=N1. The number of pyridine rings is 1. The van der Waals surface area contributed by atoms with Crippen molar-refractivity contribution in [2.75, 3.05) is 0 Å². The number of hydrogen-bond donors (Lipinski definition) is 0. The van der Waals surface area contributed by atoms with E-state index in [9.17, 15) is 0 Å². The van der Waals surface area contributed by atoms with Crippen LogP contribution in [0, 0.1) is 0 Å². The van der Waals surface area contributed by atoms with Gasteiger partial charge in [0.05, 0.1) is 22.3 Å². The Morgan fingerprint density at radius 1 is 1.13 bits per heavy atom. The summed E-state index contributed by atoms with van der Waals surface area (Å²) in [5.74, 6) is 0. The average Bonchev–Trinajstić information content (AvgIpc) is 2.54. The molecule has 1 aromatic carbocycles. The minimum absolute atomic E-state index is 0.902. The van der Waals surface area contributed by atoms with Gasteiger partial charge in [-0.3, -0.25) is 9.98 Å². The normalized spacial score (nSPS) is 13.3. The molecule has 0 N–H and O–H groups in total. The van der Waals surface area contributed by atoms with Crippen molar-refractivity contribution in [3.8, 4) is 0 Å². The van der Waals surface area contributed by atoms with Crippen LogP contribution in [-0.4, -0.2) is 4.98 Å². The molecule has 0 saturated heterocycles. The van der Waals surface area contributed by atoms with Crippen molar-refractivity contribution in [2.45, 2.75) is 0 Å². The molecule has 0 atom stereocenters. The lowest BCUT2D eigenvalue weighted by molar-refractivity contribution is 0.460. The van der Waals surface area contributed by atoms with E-state index in [0.717, 1.165) is 21.5 Å². The van der Waals surface area contributed by atoms with Crippen LogP contribution in [0.4, 0.5) is 0 Å². The summed E-state index contributed by atoms with van der Waals surface area (Å²) < 4.78 is 5.13. The zero-order valence-corrected chi connectivity index (χ0v) is 7.92. The Balaban J connectivity index is 2.58. The van der Waals surface area contributed by atoms with Crippen LogP contribution >= 0.6 is 0 Å². The van der Waals surface area contributed by atoms with E-state index in [1.165, 1.54) is 0 Å². The van der Waals surface area contributed by atoms with Gasteiger partial charge < -0.3 is 4.74 Å². The van der Waals surface area contributed by atoms with E-state index in [1.807, 2.05) is 24.3 Å². The second kappa shape index (κ2) is 3.20. The van der Waals surface area contributed by atoms with E-state index >= 15 is 0 Å². The first kappa shape index (κ1) is 8.17. The number of para-hydroxylation sites is 1. The molecule has 1 aromatic heterocycles. The Bertz CT molecular complexity index is 659. The first-order valence-corrected chi connectivity index (χ1v) is 4.67. The molecule has 2 aromatic rings. The molecule has 0 fully saturated rings. The molecule has 1 aliphatic rings. The largest absolute Gasteiger partial charge is 0.470 e. The molecule has 0 aliphatic carbocycles. The van der Waals surface area contributed by atoms with Gasteiger partial charge in [-0.2, -0.15) is 0 Å². The zero-order valence-electron chi connectivity index (χ0n) is 7.92. The van der Waals surface area contributed by atoms with Crippen molar-refractivity contribution in [2.24, 2.45) is 4.99 Å². The van der Waals surface area contributed by atoms with Crippen molar-refractivity contribution in [3.63, 3.8) is 0 Å². The van der Waals surface area contributed by atoms with Crippen LogP contribution in [0.3, 0.4) is 0 Å². The minimum Gasteiger partial charge on any atom is -0.470 e. The van der Waals surface area contributed by atoms with E-state index in [2.05, 4.69) is 9.98 Å². The highest BCUT2D eigenvalue weighted by Crippen LogP contribution is 2.03. The van der Waals surface area contributed by atoms with Crippen molar-refractivity contribution in [1.82, 2.24) is 4.98 Å². The summed E-state index contributed by atoms with van der Waals surface area (Å²) >= 11 is 0. The van der Waals surface area contributed by atoms with E-state index in [4.69, 9.17) is 4.74 Å². The quantitative estimate of drug-likeness (QED) is 0.632. The molecular weight excluding hydrogens is 188 g/mol. The minimum atomic E-state index is 0.902. The average molecular weight is 196 g/mol. The Morgan fingerprint density at radius 2 is 2.07 bits per heavy atom. The predicted octanol–water partition coefficient (Wildman–Crippen LogP) is 1.09. The second-order valence-electron chi connectivity index (χ2n) is 3.25. The Labute approximate surface area is 86.1 Å². The number of benzene rings is 1. The summed E-state index contributed by atoms with van der Waals surface area (Å²) in [5, 5.41) is 2.86. The third kappa shape index (κ3) is 1.29. The predicted molar refractivity (Wildman–Crippen MR) is 57.2 cm³/mol. The van der Waals surface area contributed by atoms with Crippen LogP contribution in [0.25, 0.3) is 17.2 Å². The number of fused-ring (bicyclic) bond motifs is 3. The monoisotopic (exact) mass is 196 g/mol. The summed E-state index contributed by atoms with van der Waals surface area (Å²) in [6.07, 6.45) is 6.62. The third-order valence-corrected chi connectivity index (χ3v) is 2.31. The zero-order chi connectivity index (χ0) is 10.1. The molecule has 0 saturated carbocycles. The molecule has 0 bridgehead atoms. The van der Waals surface area contributed by atoms with Crippen LogP contribution in [0.1, 0.15) is 0 Å². The van der Waals surface area contributed by atoms with Gasteiger partial charge in [0.2, 0.25) is 0 Å². The fourth-order valence-corrected chi connectivity index (χ4v) is 1.63. The molecule has 3 rings (SSSR count). The second-order valence-corrected chi connectivity index (χ2v) is 3.25. The summed E-state index contributed by atoms with van der Waals surface area (Å²) in [7, 11) is 0. The lowest BCUT2D eigenvalue weighted by Gasteiger charge is -1.96. The van der Waals surface area contributed by atoms with E-state index in [0.29, 0.717) is 0 Å². The molecule has 0 amide bonds. The highest BCUT2D eigenvalue weighted by atomic mass is 16.5. The Hall–Kier alpha value is -2.16. The first-order chi connectivity index (χ1) is 7.45. The summed E-state index contributed by atoms with van der Waals surface area (Å²) in [5.41, 5.74) is 0.948. The standard InChI is InChI=1S/C12H8N2O/c1-2-4-11-10(3-1)12-9(7-14-11)8-15-6-5-13-12/h1-8H. The van der Waals surface area contributed by atoms with Crippen molar-refractivity contribution in [3.05, 3.63) is 53.5 Å². The van der Waals surface area contributed by atoms with Crippen molar-refractivity contribution >= 4 is 17.2 Å². The molecule has 15 heavy (non-hydrogen) atoms. The van der Waals surface area contributed by atoms with Gasteiger partial charge in [0.25, 0.3) is 0 Å². The molecule has 0 unspecified atom stereocenters. The maximum absolute atomic E-state index is 5.13. The van der Waals surface area contributed by atoms with Gasteiger partial charge in [-0.15, -0.1) is 0 Å². The molecule has 0 spiro atoms. The summed E-state index contributed by atoms with van der Waals surface area (Å²) in [6, 6.07) is 7.93. The summed E-state index contributed by atoms with van der Waals surface area (Å²) in [4.78, 5) is 8.68. The van der Waals surface area contributed by atoms with E-state index in [1.54, 1.807) is 24.9 Å². The van der Waals surface area contributed by atoms with Crippen LogP contribution in [0.5, 0.6) is 0 Å². The highest BCUT2D eigenvalue weighted by Gasteiger charge is 1.98. The van der Waals surface area contributed by atoms with Crippen molar-refractivity contribution in [1.29, 1.82) is 0 Å². The highest BCUT2D eigenvalue weighted by molar-refractivity contribution is 5.77. The van der Waals surface area contributed by atoms with Crippen LogP contribution in [-0.2, 0) is 4.74 Å². The van der Waals surface area contributed by atoms with Gasteiger partial charge in [-0.25, -0.2) is 0 Å². The van der Waals surface area contributed by atoms with Crippen molar-refractivity contribution < 1.29 is 4.74 Å². The van der Waals surface area contributed by atoms with Gasteiger partial charge >= 0.3 is 0 Å². The van der Waals surface area contributed by atoms with Crippen LogP contribution in [0.2, 0.25) is 0 Å². The molecule has 1 aliphatic heterocycles. The number of nitrogens with zero attached hydrogens (tertiary/aromatic N) is 2. The lowest BCUT2D eigenvalue weighted by Crippen LogP contribution is -2.25. The third-order valence-electron chi connectivity index (χ3n) is 2.31. The topological polar surface area (TPSA) is 34.5 Å². The molecule has 72 valence electrons. The number of ether oxygens (including phenoxy) is 1. The van der Waals surface area contributed by atoms with E-state index in [-0.39, 0.29) is 0 Å². The van der Waals surface area contributed by atoms with Crippen LogP contribution < -0.4 is 10.6 Å². The maximum atomic E-state index is 5.13. The molecule has 2 heterocycles.